The van der Waals surface area contributed by atoms with E-state index in [4.69, 9.17) is 18.9 Å². The number of allylic oxidation sites excluding steroid dienone is 5. The fourth-order valence-electron chi connectivity index (χ4n) is 6.26. The van der Waals surface area contributed by atoms with E-state index in [2.05, 4.69) is 119 Å². The van der Waals surface area contributed by atoms with Gasteiger partial charge in [-0.1, -0.05) is 164 Å². The second-order valence-corrected chi connectivity index (χ2v) is 12.7. The Morgan fingerprint density at radius 1 is 0.536 bits per heavy atom. The minimum Gasteiger partial charge on any atom is -0.495 e. The molecule has 0 heterocycles. The predicted octanol–water partition coefficient (Wildman–Crippen LogP) is 10.9. The number of carbonyl (C=O) groups excluding carboxylic acids is 2. The topological polar surface area (TPSA) is 71.1 Å². The first kappa shape index (κ1) is 42.1. The number of benzene rings is 5. The number of ether oxygens (including phenoxy) is 4. The third-order valence-corrected chi connectivity index (χ3v) is 8.86. The largest absolute Gasteiger partial charge is 0.495 e. The van der Waals surface area contributed by atoms with Gasteiger partial charge in [0.2, 0.25) is 0 Å². The molecule has 6 nitrogen and oxygen atoms in total. The Labute approximate surface area is 331 Å². The summed E-state index contributed by atoms with van der Waals surface area (Å²) in [6.07, 6.45) is 8.06. The van der Waals surface area contributed by atoms with Crippen LogP contribution >= 0.6 is 0 Å². The van der Waals surface area contributed by atoms with Gasteiger partial charge in [-0.25, -0.2) is 9.59 Å². The maximum Gasteiger partial charge on any atom is 0.330 e. The number of rotatable bonds is 14. The monoisotopic (exact) mass is 746 g/mol. The van der Waals surface area contributed by atoms with Gasteiger partial charge in [-0.05, 0) is 72.4 Å². The van der Waals surface area contributed by atoms with Crippen molar-refractivity contribution in [3.8, 4) is 16.9 Å². The van der Waals surface area contributed by atoms with E-state index in [1.54, 1.807) is 0 Å². The van der Waals surface area contributed by atoms with Crippen LogP contribution in [-0.4, -0.2) is 38.4 Å². The van der Waals surface area contributed by atoms with Crippen molar-refractivity contribution in [1.29, 1.82) is 0 Å². The van der Waals surface area contributed by atoms with Gasteiger partial charge in [-0.2, -0.15) is 0 Å². The lowest BCUT2D eigenvalue weighted by molar-refractivity contribution is -0.139. The molecule has 0 aromatic heterocycles. The molecule has 0 atom stereocenters. The van der Waals surface area contributed by atoms with Crippen LogP contribution in [0.3, 0.4) is 0 Å². The van der Waals surface area contributed by atoms with E-state index in [-0.39, 0.29) is 26.4 Å². The van der Waals surface area contributed by atoms with Gasteiger partial charge in [0.15, 0.2) is 0 Å². The lowest BCUT2D eigenvalue weighted by Gasteiger charge is -2.34. The minimum absolute atomic E-state index is 0.129. The molecule has 6 rings (SSSR count). The summed E-state index contributed by atoms with van der Waals surface area (Å²) in [5.41, 5.74) is 8.60. The molecule has 0 bridgehead atoms. The molecule has 5 aromatic carbocycles. The van der Waals surface area contributed by atoms with E-state index in [0.717, 1.165) is 45.5 Å². The molecule has 1 aliphatic rings. The molecule has 0 spiro atoms. The molecule has 1 aliphatic carbocycles. The van der Waals surface area contributed by atoms with Crippen LogP contribution in [-0.2, 0) is 29.2 Å². The molecule has 0 unspecified atom stereocenters. The van der Waals surface area contributed by atoms with Gasteiger partial charge in [0.1, 0.15) is 32.2 Å². The van der Waals surface area contributed by atoms with Gasteiger partial charge in [-0.15, -0.1) is 0 Å². The third kappa shape index (κ3) is 11.4. The highest BCUT2D eigenvalue weighted by atomic mass is 16.6. The molecular formula is C50H50O6. The first-order valence-electron chi connectivity index (χ1n) is 18.4. The molecule has 6 heteroatoms. The van der Waals surface area contributed by atoms with Crippen molar-refractivity contribution in [3.05, 3.63) is 223 Å². The zero-order chi connectivity index (χ0) is 40.2. The van der Waals surface area contributed by atoms with E-state index in [9.17, 15) is 9.59 Å². The Balaban J connectivity index is 0.000000413. The van der Waals surface area contributed by atoms with E-state index in [1.165, 1.54) is 11.1 Å². The van der Waals surface area contributed by atoms with Crippen LogP contribution in [0.2, 0.25) is 0 Å². The number of aryl methyl sites for hydroxylation is 2. The number of fused-ring (bicyclic) bond motifs is 3. The van der Waals surface area contributed by atoms with Crippen LogP contribution in [0.25, 0.3) is 11.1 Å². The lowest BCUT2D eigenvalue weighted by Crippen LogP contribution is -2.29. The maximum absolute atomic E-state index is 11.3. The molecule has 286 valence electrons. The molecule has 0 N–H and O–H groups in total. The van der Waals surface area contributed by atoms with Gasteiger partial charge in [0, 0.05) is 12.2 Å². The van der Waals surface area contributed by atoms with Crippen LogP contribution in [0, 0.1) is 13.8 Å². The van der Waals surface area contributed by atoms with Crippen molar-refractivity contribution >= 4 is 11.9 Å². The van der Waals surface area contributed by atoms with Crippen LogP contribution in [0.1, 0.15) is 34.7 Å². The van der Waals surface area contributed by atoms with Gasteiger partial charge in [0.05, 0.1) is 11.2 Å². The van der Waals surface area contributed by atoms with Gasteiger partial charge >= 0.3 is 11.9 Å². The van der Waals surface area contributed by atoms with Crippen molar-refractivity contribution in [2.24, 2.45) is 0 Å². The smallest absolute Gasteiger partial charge is 0.330 e. The zero-order valence-corrected chi connectivity index (χ0v) is 32.5. The van der Waals surface area contributed by atoms with Gasteiger partial charge in [-0.3, -0.25) is 0 Å². The quantitative estimate of drug-likeness (QED) is 0.0370. The number of esters is 2. The van der Waals surface area contributed by atoms with Crippen molar-refractivity contribution in [2.45, 2.75) is 26.2 Å². The second-order valence-electron chi connectivity index (χ2n) is 12.7. The molecule has 0 radical (unpaired) electrons. The highest BCUT2D eigenvalue weighted by molar-refractivity contribution is 5.86. The SMILES string of the molecule is C=CC(=O)OCCO/C(C)=C/C=C(\C=C)C1(c2ccc(OCCOC(=O)C=C)cc2)c2ccccc2-c2ccccc21.Cc1ccccc1.Cc1ccccc1. The average Bonchev–Trinajstić information content (AvgIpc) is 3.53. The van der Waals surface area contributed by atoms with Crippen molar-refractivity contribution in [3.63, 3.8) is 0 Å². The van der Waals surface area contributed by atoms with Crippen LogP contribution < -0.4 is 4.74 Å². The summed E-state index contributed by atoms with van der Waals surface area (Å²) < 4.78 is 21.6. The summed E-state index contributed by atoms with van der Waals surface area (Å²) in [6.45, 7) is 17.7. The second kappa shape index (κ2) is 21.9. The molecule has 0 saturated heterocycles. The summed E-state index contributed by atoms with van der Waals surface area (Å²) in [5, 5.41) is 0. The fraction of sp³-hybridized carbons (Fsp3) is 0.160. The van der Waals surface area contributed by atoms with Crippen molar-refractivity contribution in [2.75, 3.05) is 26.4 Å². The third-order valence-electron chi connectivity index (χ3n) is 8.86. The normalized spacial score (nSPS) is 12.1. The van der Waals surface area contributed by atoms with Crippen LogP contribution in [0.4, 0.5) is 0 Å². The van der Waals surface area contributed by atoms with E-state index in [1.807, 2.05) is 73.7 Å². The van der Waals surface area contributed by atoms with Gasteiger partial charge < -0.3 is 18.9 Å². The Kier molecular flexibility index (Phi) is 16.5. The Hall–Kier alpha value is -6.66. The molecule has 0 aliphatic heterocycles. The van der Waals surface area contributed by atoms with Crippen molar-refractivity contribution in [1.82, 2.24) is 0 Å². The van der Waals surface area contributed by atoms with E-state index >= 15 is 0 Å². The fourth-order valence-corrected chi connectivity index (χ4v) is 6.26. The molecule has 0 fully saturated rings. The Morgan fingerprint density at radius 3 is 1.43 bits per heavy atom. The maximum atomic E-state index is 11.3. The van der Waals surface area contributed by atoms with Crippen molar-refractivity contribution < 1.29 is 28.5 Å². The standard InChI is InChI=1S/C36H34O6.2C7H8/c1-5-27(17-16-26(4)39-22-24-41-34(37)6-2)36(28-18-20-29(21-19-28)40-23-25-42-35(38)7-3)32-14-10-8-12-30(32)31-13-9-11-15-33(31)36;2*1-7-5-3-2-4-6-7/h5-21H,1-3,22-25H2,4H3;2*2-6H,1H3/b26-16+,27-17+;;. The lowest BCUT2D eigenvalue weighted by atomic mass is 9.67. The molecule has 0 saturated carbocycles. The number of hydrogen-bond donors (Lipinski definition) is 0. The molecule has 0 amide bonds. The Bertz CT molecular complexity index is 2030. The number of hydrogen-bond acceptors (Lipinski definition) is 6. The summed E-state index contributed by atoms with van der Waals surface area (Å²) >= 11 is 0. The first-order chi connectivity index (χ1) is 27.2. The van der Waals surface area contributed by atoms with E-state index in [0.29, 0.717) is 11.5 Å². The highest BCUT2D eigenvalue weighted by Gasteiger charge is 2.46. The average molecular weight is 747 g/mol. The summed E-state index contributed by atoms with van der Waals surface area (Å²) in [5.74, 6) is 0.360. The zero-order valence-electron chi connectivity index (χ0n) is 32.5. The Morgan fingerprint density at radius 2 is 0.982 bits per heavy atom. The predicted molar refractivity (Wildman–Crippen MR) is 226 cm³/mol. The summed E-state index contributed by atoms with van der Waals surface area (Å²) in [4.78, 5) is 22.6. The van der Waals surface area contributed by atoms with E-state index < -0.39 is 17.4 Å². The molecule has 56 heavy (non-hydrogen) atoms. The summed E-state index contributed by atoms with van der Waals surface area (Å²) in [7, 11) is 0. The highest BCUT2D eigenvalue weighted by Crippen LogP contribution is 2.56. The molecular weight excluding hydrogens is 697 g/mol. The van der Waals surface area contributed by atoms with Crippen LogP contribution in [0.15, 0.2) is 195 Å². The van der Waals surface area contributed by atoms with Gasteiger partial charge in [0.25, 0.3) is 0 Å². The summed E-state index contributed by atoms with van der Waals surface area (Å²) in [6, 6.07) is 45.3. The first-order valence-corrected chi connectivity index (χ1v) is 18.4. The number of carbonyl (C=O) groups is 2. The minimum atomic E-state index is -0.650. The molecule has 5 aromatic rings. The van der Waals surface area contributed by atoms with Crippen LogP contribution in [0.5, 0.6) is 5.75 Å².